The van der Waals surface area contributed by atoms with Crippen molar-refractivity contribution in [2.24, 2.45) is 7.05 Å². The second-order valence-electron chi connectivity index (χ2n) is 10.4. The highest BCUT2D eigenvalue weighted by molar-refractivity contribution is 6.10. The number of hydrogen-bond acceptors (Lipinski definition) is 4. The van der Waals surface area contributed by atoms with E-state index in [4.69, 9.17) is 0 Å². The third-order valence-corrected chi connectivity index (χ3v) is 7.09. The maximum Gasteiger partial charge on any atom is 0.416 e. The van der Waals surface area contributed by atoms with Crippen molar-refractivity contribution in [2.45, 2.75) is 50.6 Å². The zero-order chi connectivity index (χ0) is 27.6. The van der Waals surface area contributed by atoms with Crippen molar-refractivity contribution >= 4 is 11.6 Å². The molecule has 0 bridgehead atoms. The first-order valence-electron chi connectivity index (χ1n) is 11.9. The highest BCUT2D eigenvalue weighted by atomic mass is 19.4. The molecule has 2 aliphatic heterocycles. The maximum atomic E-state index is 15.7. The van der Waals surface area contributed by atoms with Gasteiger partial charge < -0.3 is 9.47 Å². The Balaban J connectivity index is 1.46. The first kappa shape index (κ1) is 26.2. The first-order valence-corrected chi connectivity index (χ1v) is 11.9. The Morgan fingerprint density at radius 3 is 2.45 bits per heavy atom. The third kappa shape index (κ3) is 4.55. The minimum absolute atomic E-state index is 0.0682. The van der Waals surface area contributed by atoms with Gasteiger partial charge in [-0.05, 0) is 54.8 Å². The number of aryl methyl sites for hydroxylation is 1. The number of fused-ring (bicyclic) bond motifs is 1. The zero-order valence-corrected chi connectivity index (χ0v) is 20.9. The molecule has 1 amide bonds. The molecule has 1 aromatic heterocycles. The molecule has 5 rings (SSSR count). The monoisotopic (exact) mass is 537 g/mol. The van der Waals surface area contributed by atoms with Gasteiger partial charge in [0.1, 0.15) is 12.0 Å². The molecule has 0 aliphatic carbocycles. The van der Waals surface area contributed by atoms with Crippen LogP contribution in [0.2, 0.25) is 0 Å². The van der Waals surface area contributed by atoms with Gasteiger partial charge in [0, 0.05) is 37.9 Å². The summed E-state index contributed by atoms with van der Waals surface area (Å²) in [5.41, 5.74) is -4.95. The van der Waals surface area contributed by atoms with Gasteiger partial charge >= 0.3 is 6.18 Å². The molecule has 202 valence electrons. The molecule has 1 fully saturated rings. The summed E-state index contributed by atoms with van der Waals surface area (Å²) < 4.78 is 88.0. The lowest BCUT2D eigenvalue weighted by molar-refractivity contribution is -0.138. The predicted octanol–water partition coefficient (Wildman–Crippen LogP) is 5.43. The van der Waals surface area contributed by atoms with Crippen LogP contribution in [0.15, 0.2) is 42.7 Å². The summed E-state index contributed by atoms with van der Waals surface area (Å²) in [5, 5.41) is 7.20. The van der Waals surface area contributed by atoms with Gasteiger partial charge in [0.05, 0.1) is 12.1 Å². The summed E-state index contributed by atoms with van der Waals surface area (Å²) >= 11 is 0. The maximum absolute atomic E-state index is 15.7. The zero-order valence-electron chi connectivity index (χ0n) is 20.9. The highest BCUT2D eigenvalue weighted by Gasteiger charge is 2.44. The molecule has 0 spiro atoms. The van der Waals surface area contributed by atoms with Gasteiger partial charge in [-0.1, -0.05) is 12.1 Å². The van der Waals surface area contributed by atoms with E-state index in [-0.39, 0.29) is 59.9 Å². The number of nitrogens with zero attached hydrogens (tertiary/aromatic N) is 5. The SMILES string of the molecule is Cn1cnnc1[C@H](F)[C@@](C)(F)c1cccc(N2Cc3c(cc(CN4CC(C)(F)C4)cc3C(F)(F)F)C2=O)c1. The summed E-state index contributed by atoms with van der Waals surface area (Å²) in [6.45, 7) is 2.30. The molecule has 2 atom stereocenters. The van der Waals surface area contributed by atoms with Crippen LogP contribution in [0.3, 0.4) is 0 Å². The molecule has 0 unspecified atom stereocenters. The van der Waals surface area contributed by atoms with Crippen LogP contribution in [0, 0.1) is 0 Å². The van der Waals surface area contributed by atoms with Crippen molar-refractivity contribution in [3.63, 3.8) is 0 Å². The topological polar surface area (TPSA) is 54.3 Å². The second-order valence-corrected chi connectivity index (χ2v) is 10.4. The quantitative estimate of drug-likeness (QED) is 0.394. The van der Waals surface area contributed by atoms with Gasteiger partial charge in [-0.25, -0.2) is 13.2 Å². The van der Waals surface area contributed by atoms with Crippen LogP contribution in [0.1, 0.15) is 58.5 Å². The number of anilines is 1. The van der Waals surface area contributed by atoms with Gasteiger partial charge in [0.15, 0.2) is 17.7 Å². The fourth-order valence-corrected chi connectivity index (χ4v) is 5.17. The Labute approximate surface area is 214 Å². The predicted molar refractivity (Wildman–Crippen MR) is 127 cm³/mol. The minimum Gasteiger partial charge on any atom is -0.318 e. The van der Waals surface area contributed by atoms with Crippen molar-refractivity contribution in [3.05, 3.63) is 76.4 Å². The number of amides is 1. The Hall–Kier alpha value is -3.41. The van der Waals surface area contributed by atoms with Crippen LogP contribution in [-0.2, 0) is 32.0 Å². The van der Waals surface area contributed by atoms with E-state index in [9.17, 15) is 22.4 Å². The Bertz CT molecular complexity index is 1390. The van der Waals surface area contributed by atoms with Crippen LogP contribution in [0.4, 0.5) is 32.0 Å². The van der Waals surface area contributed by atoms with E-state index in [1.165, 1.54) is 55.2 Å². The van der Waals surface area contributed by atoms with E-state index in [0.717, 1.165) is 17.9 Å². The Morgan fingerprint density at radius 2 is 1.84 bits per heavy atom. The van der Waals surface area contributed by atoms with Crippen molar-refractivity contribution in [1.82, 2.24) is 19.7 Å². The van der Waals surface area contributed by atoms with Crippen LogP contribution >= 0.6 is 0 Å². The van der Waals surface area contributed by atoms with Crippen molar-refractivity contribution in [2.75, 3.05) is 18.0 Å². The van der Waals surface area contributed by atoms with E-state index in [0.29, 0.717) is 0 Å². The highest BCUT2D eigenvalue weighted by Crippen LogP contribution is 2.44. The van der Waals surface area contributed by atoms with Gasteiger partial charge in [-0.3, -0.25) is 9.69 Å². The summed E-state index contributed by atoms with van der Waals surface area (Å²) in [5.74, 6) is -0.920. The average Bonchev–Trinajstić information content (AvgIpc) is 3.39. The first-order chi connectivity index (χ1) is 17.7. The molecular formula is C26H25F6N5O. The van der Waals surface area contributed by atoms with E-state index >= 15 is 8.78 Å². The lowest BCUT2D eigenvalue weighted by atomic mass is 9.92. The fourth-order valence-electron chi connectivity index (χ4n) is 5.17. The van der Waals surface area contributed by atoms with Gasteiger partial charge in [0.2, 0.25) is 0 Å². The molecular weight excluding hydrogens is 512 g/mol. The molecule has 1 saturated heterocycles. The Morgan fingerprint density at radius 1 is 1.13 bits per heavy atom. The molecule has 0 saturated carbocycles. The summed E-state index contributed by atoms with van der Waals surface area (Å²) in [6, 6.07) is 7.85. The molecule has 3 heterocycles. The number of halogens is 6. The second kappa shape index (κ2) is 8.82. The smallest absolute Gasteiger partial charge is 0.318 e. The van der Waals surface area contributed by atoms with Crippen molar-refractivity contribution in [1.29, 1.82) is 0 Å². The molecule has 0 radical (unpaired) electrons. The lowest BCUT2D eigenvalue weighted by Crippen LogP contribution is -2.56. The largest absolute Gasteiger partial charge is 0.416 e. The summed E-state index contributed by atoms with van der Waals surface area (Å²) in [6.07, 6.45) is -5.68. The van der Waals surface area contributed by atoms with E-state index in [2.05, 4.69) is 10.2 Å². The fraction of sp³-hybridized carbons (Fsp3) is 0.423. The number of alkyl halides is 6. The number of aromatic nitrogens is 3. The summed E-state index contributed by atoms with van der Waals surface area (Å²) in [4.78, 5) is 16.1. The standard InChI is InChI=1S/C26H25F6N5O/c1-24(28)12-36(13-24)10-15-7-18-19(20(8-15)26(30,31)32)11-37(23(18)38)17-6-4-5-16(9-17)25(2,29)21(27)22-34-33-14-35(22)3/h4-9,14,21H,10-13H2,1-3H3/t21-,25-/m0/s1. The van der Waals surface area contributed by atoms with E-state index in [1.54, 1.807) is 4.90 Å². The molecule has 2 aliphatic rings. The number of rotatable bonds is 6. The van der Waals surface area contributed by atoms with Crippen molar-refractivity contribution < 1.29 is 31.1 Å². The van der Waals surface area contributed by atoms with Crippen LogP contribution in [0.5, 0.6) is 0 Å². The number of hydrogen-bond donors (Lipinski definition) is 0. The third-order valence-electron chi connectivity index (χ3n) is 7.09. The van der Waals surface area contributed by atoms with Crippen LogP contribution in [-0.4, -0.2) is 44.3 Å². The van der Waals surface area contributed by atoms with Gasteiger partial charge in [-0.2, -0.15) is 13.2 Å². The molecule has 38 heavy (non-hydrogen) atoms. The molecule has 0 N–H and O–H groups in total. The number of likely N-dealkylation sites (tertiary alicyclic amines) is 1. The van der Waals surface area contributed by atoms with E-state index in [1.807, 2.05) is 0 Å². The average molecular weight is 538 g/mol. The van der Waals surface area contributed by atoms with Crippen molar-refractivity contribution in [3.8, 4) is 0 Å². The van der Waals surface area contributed by atoms with Gasteiger partial charge in [-0.15, -0.1) is 10.2 Å². The lowest BCUT2D eigenvalue weighted by Gasteiger charge is -2.42. The van der Waals surface area contributed by atoms with E-state index < -0.39 is 35.2 Å². The van der Waals surface area contributed by atoms with Gasteiger partial charge in [0.25, 0.3) is 5.91 Å². The number of benzene rings is 2. The van der Waals surface area contributed by atoms with Crippen LogP contribution in [0.25, 0.3) is 0 Å². The molecule has 12 heteroatoms. The molecule has 6 nitrogen and oxygen atoms in total. The summed E-state index contributed by atoms with van der Waals surface area (Å²) in [7, 11) is 1.47. The molecule has 2 aromatic carbocycles. The normalized spacial score (nSPS) is 19.7. The number of carbonyl (C=O) groups excluding carboxylic acids is 1. The Kier molecular flexibility index (Phi) is 6.08. The minimum atomic E-state index is -4.73. The molecule has 3 aromatic rings. The van der Waals surface area contributed by atoms with Crippen LogP contribution < -0.4 is 4.90 Å². The number of carbonyl (C=O) groups is 1.